The summed E-state index contributed by atoms with van der Waals surface area (Å²) in [6, 6.07) is 10.8. The number of methoxy groups -OCH3 is 1. The number of carbonyl (C=O) groups excluding carboxylic acids is 1. The molecule has 0 atom stereocenters. The number of aryl methyl sites for hydroxylation is 2. The molecule has 0 amide bonds. The lowest BCUT2D eigenvalue weighted by Crippen LogP contribution is -2.29. The second kappa shape index (κ2) is 15.3. The lowest BCUT2D eigenvalue weighted by Gasteiger charge is -1.94. The van der Waals surface area contributed by atoms with E-state index in [2.05, 4.69) is 30.6 Å². The number of halogens is 1. The summed E-state index contributed by atoms with van der Waals surface area (Å²) in [5.74, 6) is -1.13. The van der Waals surface area contributed by atoms with Crippen LogP contribution in [0.5, 0.6) is 0 Å². The molecule has 4 aromatic heterocycles. The van der Waals surface area contributed by atoms with Gasteiger partial charge in [-0.05, 0) is 65.2 Å². The Hall–Kier alpha value is -2.90. The predicted octanol–water partition coefficient (Wildman–Crippen LogP) is 4.82. The molecule has 3 N–H and O–H groups in total. The molecule has 0 aliphatic rings. The minimum Gasteiger partial charge on any atom is -0.477 e. The fraction of sp³-hybridized carbons (Fsp3) is 0.167. The molecule has 0 saturated heterocycles. The molecule has 12 heteroatoms. The first-order chi connectivity index (χ1) is 16.6. The fourth-order valence-corrected chi connectivity index (χ4v) is 5.26. The molecule has 4 heterocycles. The molecule has 190 valence electrons. The second-order valence-electron chi connectivity index (χ2n) is 6.88. The number of carbonyl (C=O) groups is 2. The van der Waals surface area contributed by atoms with Gasteiger partial charge in [0.05, 0.1) is 10.9 Å². The van der Waals surface area contributed by atoms with Gasteiger partial charge < -0.3 is 19.9 Å². The SMILES string of the molecule is C.COC(=O)c1sc(Br)cc1C.Cc1cc(-c2cccnc2)sc1C(=O)O.OB(O)c1cccnc1. The van der Waals surface area contributed by atoms with Gasteiger partial charge in [0.2, 0.25) is 0 Å². The Labute approximate surface area is 226 Å². The zero-order valence-corrected chi connectivity index (χ0v) is 22.2. The van der Waals surface area contributed by atoms with Crippen molar-refractivity contribution in [2.75, 3.05) is 7.11 Å². The molecule has 0 radical (unpaired) electrons. The highest BCUT2D eigenvalue weighted by Gasteiger charge is 2.13. The lowest BCUT2D eigenvalue weighted by atomic mass is 9.82. The van der Waals surface area contributed by atoms with Crippen molar-refractivity contribution < 1.29 is 29.5 Å². The third-order valence-electron chi connectivity index (χ3n) is 4.30. The van der Waals surface area contributed by atoms with Gasteiger partial charge in [-0.15, -0.1) is 22.7 Å². The van der Waals surface area contributed by atoms with Gasteiger partial charge in [0.25, 0.3) is 0 Å². The maximum atomic E-state index is 11.0. The van der Waals surface area contributed by atoms with Crippen LogP contribution in [-0.4, -0.2) is 51.3 Å². The number of nitrogens with zero attached hydrogens (tertiary/aromatic N) is 2. The molecule has 0 fully saturated rings. The molecule has 0 aliphatic carbocycles. The van der Waals surface area contributed by atoms with Crippen molar-refractivity contribution >= 4 is 63.1 Å². The monoisotopic (exact) mass is 592 g/mol. The molecule has 0 bridgehead atoms. The Morgan fingerprint density at radius 1 is 0.972 bits per heavy atom. The highest BCUT2D eigenvalue weighted by molar-refractivity contribution is 9.11. The van der Waals surface area contributed by atoms with Gasteiger partial charge in [-0.1, -0.05) is 19.6 Å². The Morgan fingerprint density at radius 2 is 1.58 bits per heavy atom. The van der Waals surface area contributed by atoms with E-state index < -0.39 is 13.1 Å². The summed E-state index contributed by atoms with van der Waals surface area (Å²) in [4.78, 5) is 31.6. The van der Waals surface area contributed by atoms with Crippen LogP contribution < -0.4 is 5.46 Å². The van der Waals surface area contributed by atoms with Crippen LogP contribution in [0.25, 0.3) is 10.4 Å². The van der Waals surface area contributed by atoms with Crippen LogP contribution in [0.1, 0.15) is 37.9 Å². The molecule has 36 heavy (non-hydrogen) atoms. The summed E-state index contributed by atoms with van der Waals surface area (Å²) in [7, 11) is -0.0197. The average molecular weight is 593 g/mol. The number of pyridine rings is 2. The number of thiophene rings is 2. The quantitative estimate of drug-likeness (QED) is 0.227. The number of rotatable bonds is 4. The van der Waals surface area contributed by atoms with Crippen LogP contribution >= 0.6 is 38.6 Å². The Bertz CT molecular complexity index is 1250. The number of carboxylic acid groups (broad SMARTS) is 1. The number of aromatic carboxylic acids is 1. The number of aromatic nitrogens is 2. The maximum absolute atomic E-state index is 11.0. The van der Waals surface area contributed by atoms with Crippen molar-refractivity contribution in [2.24, 2.45) is 0 Å². The summed E-state index contributed by atoms with van der Waals surface area (Å²) in [6.45, 7) is 3.69. The number of carboxylic acids is 1. The lowest BCUT2D eigenvalue weighted by molar-refractivity contribution is 0.0604. The summed E-state index contributed by atoms with van der Waals surface area (Å²) in [5.41, 5.74) is 3.12. The minimum absolute atomic E-state index is 0. The van der Waals surface area contributed by atoms with Gasteiger partial charge in [0.15, 0.2) is 0 Å². The fourth-order valence-electron chi connectivity index (χ4n) is 2.61. The number of esters is 1. The smallest absolute Gasteiger partial charge is 0.477 e. The minimum atomic E-state index is -1.40. The Kier molecular flexibility index (Phi) is 13.2. The van der Waals surface area contributed by atoms with Crippen molar-refractivity contribution in [2.45, 2.75) is 21.3 Å². The number of hydrogen-bond acceptors (Lipinski definition) is 9. The molecule has 8 nitrogen and oxygen atoms in total. The van der Waals surface area contributed by atoms with E-state index >= 15 is 0 Å². The molecule has 0 saturated carbocycles. The normalized spacial score (nSPS) is 9.50. The molecule has 4 aromatic rings. The largest absolute Gasteiger partial charge is 0.490 e. The zero-order chi connectivity index (χ0) is 26.0. The van der Waals surface area contributed by atoms with Gasteiger partial charge in [0, 0.05) is 40.7 Å². The highest BCUT2D eigenvalue weighted by Crippen LogP contribution is 2.30. The van der Waals surface area contributed by atoms with E-state index in [-0.39, 0.29) is 13.4 Å². The van der Waals surface area contributed by atoms with Gasteiger partial charge in [-0.2, -0.15) is 0 Å². The molecule has 0 unspecified atom stereocenters. The van der Waals surface area contributed by atoms with Gasteiger partial charge >= 0.3 is 19.1 Å². The highest BCUT2D eigenvalue weighted by atomic mass is 79.9. The average Bonchev–Trinajstić information content (AvgIpc) is 3.41. The Morgan fingerprint density at radius 3 is 1.97 bits per heavy atom. The first-order valence-corrected chi connectivity index (χ1v) is 12.4. The van der Waals surface area contributed by atoms with E-state index in [1.54, 1.807) is 37.6 Å². The van der Waals surface area contributed by atoms with E-state index in [0.717, 1.165) is 25.4 Å². The van der Waals surface area contributed by atoms with Crippen LogP contribution in [-0.2, 0) is 4.74 Å². The van der Waals surface area contributed by atoms with E-state index in [1.165, 1.54) is 36.0 Å². The molecule has 0 aromatic carbocycles. The first-order valence-electron chi connectivity index (χ1n) is 9.98. The first kappa shape index (κ1) is 31.1. The summed E-state index contributed by atoms with van der Waals surface area (Å²) >= 11 is 5.96. The molecular formula is C24H26BBrN2O6S2. The van der Waals surface area contributed by atoms with Crippen molar-refractivity contribution in [3.63, 3.8) is 0 Å². The molecular weight excluding hydrogens is 567 g/mol. The van der Waals surface area contributed by atoms with Crippen molar-refractivity contribution in [3.8, 4) is 10.4 Å². The van der Waals surface area contributed by atoms with Crippen LogP contribution in [0, 0.1) is 13.8 Å². The van der Waals surface area contributed by atoms with Gasteiger partial charge in [-0.25, -0.2) is 9.59 Å². The maximum Gasteiger partial charge on any atom is 0.490 e. The summed E-state index contributed by atoms with van der Waals surface area (Å²) < 4.78 is 5.54. The molecule has 4 rings (SSSR count). The van der Waals surface area contributed by atoms with E-state index in [1.807, 2.05) is 31.2 Å². The summed E-state index contributed by atoms with van der Waals surface area (Å²) in [6.07, 6.45) is 6.41. The van der Waals surface area contributed by atoms with Crippen LogP contribution in [0.15, 0.2) is 65.0 Å². The standard InChI is InChI=1S/C11H9NO2S.C7H7BrO2S.C5H6BNO2.CH4/c1-7-5-9(15-10(7)11(13)14)8-3-2-4-12-6-8;1-4-3-5(8)11-6(4)7(9)10-2;8-6(9)5-2-1-3-7-4-5;/h2-6H,1H3,(H,13,14);3H,1-2H3;1-4,8-9H;1H4. The molecule has 0 spiro atoms. The second-order valence-corrected chi connectivity index (χ2v) is 10.4. The van der Waals surface area contributed by atoms with Crippen molar-refractivity contribution in [3.05, 3.63) is 85.9 Å². The third-order valence-corrected chi connectivity index (χ3v) is 7.29. The topological polar surface area (TPSA) is 130 Å². The van der Waals surface area contributed by atoms with Gasteiger partial charge in [-0.3, -0.25) is 9.97 Å². The Balaban J connectivity index is 0.000000276. The van der Waals surface area contributed by atoms with Crippen molar-refractivity contribution in [1.82, 2.24) is 9.97 Å². The van der Waals surface area contributed by atoms with E-state index in [4.69, 9.17) is 15.2 Å². The summed E-state index contributed by atoms with van der Waals surface area (Å²) in [5, 5.41) is 26.0. The van der Waals surface area contributed by atoms with Crippen LogP contribution in [0.4, 0.5) is 0 Å². The number of hydrogen-bond donors (Lipinski definition) is 3. The van der Waals surface area contributed by atoms with E-state index in [0.29, 0.717) is 15.2 Å². The zero-order valence-electron chi connectivity index (χ0n) is 19.0. The van der Waals surface area contributed by atoms with Crippen LogP contribution in [0.2, 0.25) is 0 Å². The molecule has 0 aliphatic heterocycles. The predicted molar refractivity (Wildman–Crippen MR) is 148 cm³/mol. The number of ether oxygens (including phenoxy) is 1. The van der Waals surface area contributed by atoms with Crippen molar-refractivity contribution in [1.29, 1.82) is 0 Å². The third kappa shape index (κ3) is 9.28. The van der Waals surface area contributed by atoms with Crippen LogP contribution in [0.3, 0.4) is 0 Å². The van der Waals surface area contributed by atoms with Gasteiger partial charge in [0.1, 0.15) is 9.75 Å². The van der Waals surface area contributed by atoms with E-state index in [9.17, 15) is 9.59 Å².